The lowest BCUT2D eigenvalue weighted by Crippen LogP contribution is -2.10. The number of pyridine rings is 2. The Labute approximate surface area is 573 Å². The molecule has 0 saturated heterocycles. The van der Waals surface area contributed by atoms with E-state index in [0.717, 1.165) is 49.4 Å². The van der Waals surface area contributed by atoms with Gasteiger partial charge in [-0.1, -0.05) is 314 Å². The molecule has 3 aliphatic rings. The van der Waals surface area contributed by atoms with Crippen molar-refractivity contribution in [1.29, 1.82) is 0 Å². The summed E-state index contributed by atoms with van der Waals surface area (Å²) < 4.78 is 21.1. The second kappa shape index (κ2) is 36.3. The van der Waals surface area contributed by atoms with E-state index < -0.39 is 0 Å². The van der Waals surface area contributed by atoms with Crippen LogP contribution in [0.5, 0.6) is 17.2 Å². The van der Waals surface area contributed by atoms with Crippen LogP contribution in [-0.2, 0) is 46.0 Å². The minimum Gasteiger partial charge on any atom is -0.493 e. The maximum absolute atomic E-state index is 5.35. The number of nitrogens with zero attached hydrogens (tertiary/aromatic N) is 2. The monoisotopic (exact) mass is 1270 g/mol. The second-order valence-corrected chi connectivity index (χ2v) is 29.8. The highest BCUT2D eigenvalue weighted by atomic mass is 16.7. The smallest absolute Gasteiger partial charge is 0.231 e. The van der Waals surface area contributed by atoms with Gasteiger partial charge in [-0.3, -0.25) is 9.97 Å². The fourth-order valence-electron chi connectivity index (χ4n) is 10.1. The van der Waals surface area contributed by atoms with Gasteiger partial charge in [-0.25, -0.2) is 0 Å². The predicted molar refractivity (Wildman–Crippen MR) is 404 cm³/mol. The maximum Gasteiger partial charge on any atom is 0.231 e. The normalized spacial score (nSPS) is 12.4. The van der Waals surface area contributed by atoms with Crippen molar-refractivity contribution in [3.63, 3.8) is 0 Å². The molecule has 0 radical (unpaired) electrons. The first-order chi connectivity index (χ1) is 45.1. The number of benzene rings is 8. The Kier molecular flexibility index (Phi) is 28.9. The van der Waals surface area contributed by atoms with Crippen molar-refractivity contribution in [1.82, 2.24) is 9.97 Å². The Bertz CT molecular complexity index is 3470. The molecule has 0 atom stereocenters. The van der Waals surface area contributed by atoms with Gasteiger partial charge >= 0.3 is 0 Å². The van der Waals surface area contributed by atoms with Gasteiger partial charge in [0.2, 0.25) is 6.79 Å². The number of hydrogen-bond acceptors (Lipinski definition) is 6. The van der Waals surface area contributed by atoms with Crippen LogP contribution in [0.15, 0.2) is 243 Å². The number of hydrogen-bond donors (Lipinski definition) is 0. The van der Waals surface area contributed by atoms with Gasteiger partial charge in [0, 0.05) is 31.2 Å². The lowest BCUT2D eigenvalue weighted by molar-refractivity contribution is 0.134. The Morgan fingerprint density at radius 1 is 0.316 bits per heavy atom. The third kappa shape index (κ3) is 25.6. The van der Waals surface area contributed by atoms with Gasteiger partial charge in [0.05, 0.1) is 19.8 Å². The summed E-state index contributed by atoms with van der Waals surface area (Å²) in [7, 11) is 0. The molecular formula is C89H110N2O4. The molecule has 5 heterocycles. The van der Waals surface area contributed by atoms with Crippen molar-refractivity contribution in [2.75, 3.05) is 13.4 Å². The van der Waals surface area contributed by atoms with E-state index in [4.69, 9.17) is 18.9 Å². The molecule has 3 aliphatic heterocycles. The van der Waals surface area contributed by atoms with Gasteiger partial charge in [-0.2, -0.15) is 0 Å². The third-order valence-corrected chi connectivity index (χ3v) is 16.1. The van der Waals surface area contributed by atoms with Crippen molar-refractivity contribution in [3.8, 4) is 50.6 Å². The molecule has 6 heteroatoms. The highest BCUT2D eigenvalue weighted by Crippen LogP contribution is 2.35. The summed E-state index contributed by atoms with van der Waals surface area (Å²) in [5.74, 6) is 4.80. The molecule has 13 rings (SSSR count). The molecule has 0 saturated carbocycles. The second-order valence-electron chi connectivity index (χ2n) is 29.8. The predicted octanol–water partition coefficient (Wildman–Crippen LogP) is 24.4. The number of ether oxygens (including phenoxy) is 4. The fourth-order valence-corrected chi connectivity index (χ4v) is 10.1. The van der Waals surface area contributed by atoms with Crippen LogP contribution in [0.2, 0.25) is 0 Å². The molecule has 500 valence electrons. The summed E-state index contributed by atoms with van der Waals surface area (Å²) in [5, 5.41) is 0. The molecule has 2 aromatic heterocycles. The van der Waals surface area contributed by atoms with Crippen molar-refractivity contribution >= 4 is 0 Å². The minimum absolute atomic E-state index is 0.216. The molecule has 0 bridgehead atoms. The molecule has 0 aliphatic carbocycles. The molecule has 0 unspecified atom stereocenters. The van der Waals surface area contributed by atoms with Gasteiger partial charge < -0.3 is 18.9 Å². The highest BCUT2D eigenvalue weighted by Gasteiger charge is 2.18. The molecule has 8 aromatic carbocycles. The van der Waals surface area contributed by atoms with Crippen LogP contribution in [0.3, 0.4) is 0 Å². The first-order valence-corrected chi connectivity index (χ1v) is 34.1. The van der Waals surface area contributed by atoms with Crippen molar-refractivity contribution < 1.29 is 18.9 Å². The summed E-state index contributed by atoms with van der Waals surface area (Å²) in [5.41, 5.74) is 20.7. The van der Waals surface area contributed by atoms with E-state index in [-0.39, 0.29) is 16.2 Å². The summed E-state index contributed by atoms with van der Waals surface area (Å²) >= 11 is 0. The van der Waals surface area contributed by atoms with Crippen LogP contribution >= 0.6 is 0 Å². The van der Waals surface area contributed by atoms with Crippen LogP contribution in [0.4, 0.5) is 0 Å². The third-order valence-electron chi connectivity index (χ3n) is 16.1. The Hall–Kier alpha value is -8.58. The minimum atomic E-state index is 0.216. The van der Waals surface area contributed by atoms with E-state index in [1.165, 1.54) is 83.5 Å². The van der Waals surface area contributed by atoms with Gasteiger partial charge in [-0.15, -0.1) is 0 Å². The molecule has 0 spiro atoms. The van der Waals surface area contributed by atoms with Crippen molar-refractivity contribution in [2.45, 2.75) is 185 Å². The number of para-hydroxylation sites is 1. The van der Waals surface area contributed by atoms with Crippen LogP contribution in [0, 0.1) is 5.92 Å². The van der Waals surface area contributed by atoms with E-state index in [1.54, 1.807) is 6.20 Å². The van der Waals surface area contributed by atoms with Crippen molar-refractivity contribution in [3.05, 3.63) is 293 Å². The molecule has 10 aromatic rings. The molecule has 0 N–H and O–H groups in total. The number of rotatable bonds is 5. The topological polar surface area (TPSA) is 62.7 Å². The summed E-state index contributed by atoms with van der Waals surface area (Å²) in [6, 6.07) is 76.5. The zero-order valence-electron chi connectivity index (χ0n) is 60.9. The standard InChI is InChI=1S/C16H18.2C15H17N.C11H14O.C10H12O2.C10H14.C8H8O.C4H10/c1-16(2,3)15-11-9-14(10-12-15)13-7-5-4-6-8-13;1-15(2,3)14-6-4-12(5-7-14)13-8-10-16-11-9-13;1-15(2,3)14-8-6-12(7-9-14)13-5-4-10-16-11-13;1-8(2)9-3-4-10-6-12-7-11(10)5-9;1-7(2)8-3-4-9-10(5-8)12-6-11-9;1-10(2,3)9-7-5-4-6-8-9;1-2-4-8-7(3-1)5-6-9-8;1-4(2)3/h4-12H,1-3H3;2*4-11H,1-3H3;3-5,8H,6-7H2,1-2H3;3-5,7H,6H2,1-2H3;4-8H,1-3H3;1-4H,5-6H2;4H,1-3H3. The fraction of sp³-hybridized carbons (Fsp3) is 0.348. The Morgan fingerprint density at radius 2 is 0.726 bits per heavy atom. The van der Waals surface area contributed by atoms with Crippen LogP contribution < -0.4 is 14.2 Å². The van der Waals surface area contributed by atoms with Crippen LogP contribution in [0.25, 0.3) is 33.4 Å². The molecular weight excluding hydrogens is 1160 g/mol. The maximum atomic E-state index is 5.35. The number of fused-ring (bicyclic) bond motifs is 3. The van der Waals surface area contributed by atoms with E-state index >= 15 is 0 Å². The largest absolute Gasteiger partial charge is 0.493 e. The van der Waals surface area contributed by atoms with Crippen LogP contribution in [0.1, 0.15) is 193 Å². The van der Waals surface area contributed by atoms with E-state index in [1.807, 2.05) is 73.2 Å². The molecule has 6 nitrogen and oxygen atoms in total. The summed E-state index contributed by atoms with van der Waals surface area (Å²) in [6.07, 6.45) is 8.43. The van der Waals surface area contributed by atoms with E-state index in [0.29, 0.717) is 24.0 Å². The zero-order valence-corrected chi connectivity index (χ0v) is 60.9. The van der Waals surface area contributed by atoms with Gasteiger partial charge in [0.1, 0.15) is 5.75 Å². The highest BCUT2D eigenvalue weighted by molar-refractivity contribution is 5.65. The molecule has 0 amide bonds. The van der Waals surface area contributed by atoms with Crippen LogP contribution in [-0.4, -0.2) is 23.4 Å². The van der Waals surface area contributed by atoms with E-state index in [9.17, 15) is 0 Å². The average Bonchev–Trinajstić information content (AvgIpc) is 1.63. The van der Waals surface area contributed by atoms with Gasteiger partial charge in [0.25, 0.3) is 0 Å². The lowest BCUT2D eigenvalue weighted by atomic mass is 9.86. The Morgan fingerprint density at radius 3 is 1.20 bits per heavy atom. The first kappa shape index (κ1) is 75.4. The van der Waals surface area contributed by atoms with Gasteiger partial charge in [-0.05, 0) is 159 Å². The van der Waals surface area contributed by atoms with Crippen molar-refractivity contribution in [2.24, 2.45) is 5.92 Å². The SMILES string of the molecule is CC(C)(C)c1ccc(-c2ccccc2)cc1.CC(C)(C)c1ccc(-c2cccnc2)cc1.CC(C)(C)c1ccc(-c2ccncc2)cc1.CC(C)(C)c1ccccc1.CC(C)C.CC(C)c1ccc2c(c1)COC2.CC(C)c1ccc2c(c1)OCO2.c1ccc2c(c1)CCO2. The van der Waals surface area contributed by atoms with Gasteiger partial charge in [0.15, 0.2) is 11.5 Å². The average molecular weight is 1270 g/mol. The zero-order chi connectivity index (χ0) is 69.2. The number of aromatic nitrogens is 2. The summed E-state index contributed by atoms with van der Waals surface area (Å²) in [6.45, 7) is 44.9. The molecule has 95 heavy (non-hydrogen) atoms. The Balaban J connectivity index is 0.000000175. The lowest BCUT2D eigenvalue weighted by Gasteiger charge is -2.19. The van der Waals surface area contributed by atoms with E-state index in [2.05, 4.69) is 305 Å². The molecule has 0 fully saturated rings. The summed E-state index contributed by atoms with van der Waals surface area (Å²) in [4.78, 5) is 8.16. The first-order valence-electron chi connectivity index (χ1n) is 34.1. The quantitative estimate of drug-likeness (QED) is 0.171.